The molecule has 0 amide bonds. The lowest BCUT2D eigenvalue weighted by Gasteiger charge is -2.31. The molecule has 1 rings (SSSR count). The first-order valence-electron chi connectivity index (χ1n) is 7.95. The van der Waals surface area contributed by atoms with Gasteiger partial charge >= 0.3 is 0 Å². The van der Waals surface area contributed by atoms with Gasteiger partial charge in [-0.3, -0.25) is 4.90 Å². The van der Waals surface area contributed by atoms with Crippen molar-refractivity contribution in [1.82, 2.24) is 4.90 Å². The van der Waals surface area contributed by atoms with Crippen LogP contribution in [0.5, 0.6) is 0 Å². The molecule has 0 saturated carbocycles. The van der Waals surface area contributed by atoms with E-state index in [0.717, 1.165) is 25.8 Å². The topological polar surface area (TPSA) is 3.24 Å². The van der Waals surface area contributed by atoms with Crippen molar-refractivity contribution in [3.05, 3.63) is 61.3 Å². The van der Waals surface area contributed by atoms with E-state index in [1.54, 1.807) is 0 Å². The van der Waals surface area contributed by atoms with Crippen molar-refractivity contribution in [2.24, 2.45) is 11.8 Å². The molecule has 0 saturated heterocycles. The van der Waals surface area contributed by atoms with Crippen molar-refractivity contribution in [2.75, 3.05) is 13.6 Å². The van der Waals surface area contributed by atoms with Gasteiger partial charge in [0, 0.05) is 12.0 Å². The maximum Gasteiger partial charge on any atom is 0.0302 e. The van der Waals surface area contributed by atoms with E-state index >= 15 is 0 Å². The molecule has 0 N–H and O–H groups in total. The minimum Gasteiger partial charge on any atom is -0.300 e. The monoisotopic (exact) mass is 285 g/mol. The Balaban J connectivity index is 2.56. The van der Waals surface area contributed by atoms with Gasteiger partial charge in [-0.15, -0.1) is 13.2 Å². The molecule has 3 atom stereocenters. The maximum atomic E-state index is 4.15. The lowest BCUT2D eigenvalue weighted by atomic mass is 9.84. The Morgan fingerprint density at radius 3 is 2.71 bits per heavy atom. The van der Waals surface area contributed by atoms with E-state index in [1.807, 2.05) is 6.08 Å². The van der Waals surface area contributed by atoms with Crippen molar-refractivity contribution < 1.29 is 0 Å². The highest BCUT2D eigenvalue weighted by atomic mass is 15.1. The average Bonchev–Trinajstić information content (AvgIpc) is 2.45. The fraction of sp³-hybridized carbons (Fsp3) is 0.500. The molecule has 1 nitrogen and oxygen atoms in total. The van der Waals surface area contributed by atoms with Gasteiger partial charge in [-0.1, -0.05) is 48.1 Å². The molecular weight excluding hydrogens is 254 g/mol. The molecule has 1 aliphatic rings. The number of likely N-dealkylation sites (N-methyl/N-ethyl adjacent to an activating group) is 1. The van der Waals surface area contributed by atoms with E-state index in [-0.39, 0.29) is 0 Å². The van der Waals surface area contributed by atoms with Gasteiger partial charge < -0.3 is 0 Å². The summed E-state index contributed by atoms with van der Waals surface area (Å²) in [7, 11) is 2.21. The van der Waals surface area contributed by atoms with Crippen LogP contribution in [-0.4, -0.2) is 24.5 Å². The smallest absolute Gasteiger partial charge is 0.0302 e. The molecule has 21 heavy (non-hydrogen) atoms. The second kappa shape index (κ2) is 8.84. The van der Waals surface area contributed by atoms with Gasteiger partial charge in [0.1, 0.15) is 0 Å². The summed E-state index contributed by atoms with van der Waals surface area (Å²) in [6, 6.07) is 0.454. The second-order valence-electron chi connectivity index (χ2n) is 6.24. The zero-order valence-electron chi connectivity index (χ0n) is 14.0. The van der Waals surface area contributed by atoms with Crippen molar-refractivity contribution in [3.63, 3.8) is 0 Å². The van der Waals surface area contributed by atoms with Crippen LogP contribution >= 0.6 is 0 Å². The average molecular weight is 285 g/mol. The molecule has 3 unspecified atom stereocenters. The van der Waals surface area contributed by atoms with Crippen molar-refractivity contribution in [3.8, 4) is 0 Å². The first-order chi connectivity index (χ1) is 9.99. The second-order valence-corrected chi connectivity index (χ2v) is 6.24. The highest BCUT2D eigenvalue weighted by molar-refractivity contribution is 5.26. The Kier molecular flexibility index (Phi) is 7.45. The standard InChI is InChI=1S/C20H31N/c1-7-9-10-20(16(3)4)21(6)14-13-19-12-11-17(5)15-18(19)8-2/h7-8,11-12,15,18-20H,1-3,9-10,13-14H2,4-6H3. The summed E-state index contributed by atoms with van der Waals surface area (Å²) in [5.41, 5.74) is 2.59. The molecule has 1 heteroatoms. The van der Waals surface area contributed by atoms with Gasteiger partial charge in [0.15, 0.2) is 0 Å². The summed E-state index contributed by atoms with van der Waals surface area (Å²) in [4.78, 5) is 2.44. The van der Waals surface area contributed by atoms with E-state index in [0.29, 0.717) is 17.9 Å². The molecule has 0 bridgehead atoms. The number of nitrogens with zero attached hydrogens (tertiary/aromatic N) is 1. The molecule has 116 valence electrons. The van der Waals surface area contributed by atoms with Gasteiger partial charge in [-0.25, -0.2) is 0 Å². The van der Waals surface area contributed by atoms with Crippen molar-refractivity contribution in [2.45, 2.75) is 39.2 Å². The zero-order valence-corrected chi connectivity index (χ0v) is 14.0. The van der Waals surface area contributed by atoms with Gasteiger partial charge in [-0.2, -0.15) is 0 Å². The van der Waals surface area contributed by atoms with Gasteiger partial charge in [0.25, 0.3) is 0 Å². The number of rotatable bonds is 9. The minimum atomic E-state index is 0.454. The fourth-order valence-electron chi connectivity index (χ4n) is 3.05. The van der Waals surface area contributed by atoms with Gasteiger partial charge in [0.2, 0.25) is 0 Å². The van der Waals surface area contributed by atoms with E-state index in [1.165, 1.54) is 11.1 Å². The van der Waals surface area contributed by atoms with Crippen LogP contribution in [0.15, 0.2) is 61.3 Å². The Labute approximate surface area is 131 Å². The highest BCUT2D eigenvalue weighted by Crippen LogP contribution is 2.27. The predicted molar refractivity (Wildman–Crippen MR) is 95.4 cm³/mol. The third-order valence-electron chi connectivity index (χ3n) is 4.39. The summed E-state index contributed by atoms with van der Waals surface area (Å²) < 4.78 is 0. The number of allylic oxidation sites excluding steroid dienone is 6. The van der Waals surface area contributed by atoms with Crippen LogP contribution < -0.4 is 0 Å². The Morgan fingerprint density at radius 2 is 2.14 bits per heavy atom. The van der Waals surface area contributed by atoms with Crippen molar-refractivity contribution >= 4 is 0 Å². The fourth-order valence-corrected chi connectivity index (χ4v) is 3.05. The third-order valence-corrected chi connectivity index (χ3v) is 4.39. The van der Waals surface area contributed by atoms with Crippen LogP contribution in [0.25, 0.3) is 0 Å². The van der Waals surface area contributed by atoms with Crippen LogP contribution in [0.2, 0.25) is 0 Å². The van der Waals surface area contributed by atoms with Gasteiger partial charge in [0.05, 0.1) is 0 Å². The van der Waals surface area contributed by atoms with Crippen molar-refractivity contribution in [1.29, 1.82) is 0 Å². The molecule has 0 aromatic carbocycles. The zero-order chi connectivity index (χ0) is 15.8. The Hall–Kier alpha value is -1.34. The normalized spacial score (nSPS) is 22.8. The van der Waals surface area contributed by atoms with E-state index in [4.69, 9.17) is 0 Å². The number of hydrogen-bond acceptors (Lipinski definition) is 1. The lowest BCUT2D eigenvalue weighted by Crippen LogP contribution is -2.34. The summed E-state index contributed by atoms with van der Waals surface area (Å²) >= 11 is 0. The van der Waals surface area contributed by atoms with Crippen LogP contribution in [-0.2, 0) is 0 Å². The Bertz CT molecular complexity index is 427. The predicted octanol–water partition coefficient (Wildman–Crippen LogP) is 5.15. The maximum absolute atomic E-state index is 4.15. The number of hydrogen-bond donors (Lipinski definition) is 0. The molecule has 0 aromatic rings. The molecule has 0 aliphatic heterocycles. The Morgan fingerprint density at radius 1 is 1.43 bits per heavy atom. The molecule has 0 heterocycles. The quantitative estimate of drug-likeness (QED) is 0.529. The SMILES string of the molecule is C=CCCC(C(=C)C)N(C)CCC1C=CC(C)=CC1C=C. The summed E-state index contributed by atoms with van der Waals surface area (Å²) in [5.74, 6) is 1.04. The van der Waals surface area contributed by atoms with E-state index < -0.39 is 0 Å². The van der Waals surface area contributed by atoms with Crippen LogP contribution in [0.3, 0.4) is 0 Å². The van der Waals surface area contributed by atoms with Crippen LogP contribution in [0.4, 0.5) is 0 Å². The van der Waals surface area contributed by atoms with Crippen LogP contribution in [0, 0.1) is 11.8 Å². The lowest BCUT2D eigenvalue weighted by molar-refractivity contribution is 0.243. The minimum absolute atomic E-state index is 0.454. The van der Waals surface area contributed by atoms with E-state index in [9.17, 15) is 0 Å². The van der Waals surface area contributed by atoms with E-state index in [2.05, 4.69) is 69.8 Å². The first kappa shape index (κ1) is 17.7. The van der Waals surface area contributed by atoms with Gasteiger partial charge in [-0.05, 0) is 52.6 Å². The molecule has 1 aliphatic carbocycles. The third kappa shape index (κ3) is 5.51. The first-order valence-corrected chi connectivity index (χ1v) is 7.95. The summed E-state index contributed by atoms with van der Waals surface area (Å²) in [6.45, 7) is 17.3. The molecule has 0 aromatic heterocycles. The molecule has 0 spiro atoms. The van der Waals surface area contributed by atoms with Crippen LogP contribution in [0.1, 0.15) is 33.1 Å². The summed E-state index contributed by atoms with van der Waals surface area (Å²) in [6.07, 6.45) is 14.3. The highest BCUT2D eigenvalue weighted by Gasteiger charge is 2.20. The largest absolute Gasteiger partial charge is 0.300 e. The molecular formula is C20H31N. The molecule has 0 radical (unpaired) electrons. The summed E-state index contributed by atoms with van der Waals surface area (Å²) in [5, 5.41) is 0. The molecule has 0 fully saturated rings.